The minimum absolute atomic E-state index is 0.00126. The Bertz CT molecular complexity index is 1280. The monoisotopic (exact) mass is 428 g/mol. The molecule has 0 radical (unpaired) electrons. The number of ether oxygens (including phenoxy) is 2. The standard InChI is InChI=1S/C22H22FN5O3/c1-3-20(29)25-16-5-4-6-17(13-16)26-21-19(23)14-24-22(28-21)27-15-7-9-18(10-8-15)31-12-11-30-2/h3-10,13-14H,1,11-12H2,2H3,(H,25,29)(H2,24,26,27,28)/i5D,6D,11D2,13D. The van der Waals surface area contributed by atoms with Gasteiger partial charge in [-0.1, -0.05) is 12.6 Å². The lowest BCUT2D eigenvalue weighted by Gasteiger charge is -2.11. The van der Waals surface area contributed by atoms with E-state index in [9.17, 15) is 9.18 Å². The van der Waals surface area contributed by atoms with Crippen LogP contribution in [0.5, 0.6) is 5.75 Å². The summed E-state index contributed by atoms with van der Waals surface area (Å²) in [6.07, 6.45) is 1.87. The van der Waals surface area contributed by atoms with Crippen LogP contribution in [-0.2, 0) is 9.53 Å². The van der Waals surface area contributed by atoms with Crippen molar-refractivity contribution in [2.75, 3.05) is 36.2 Å². The van der Waals surface area contributed by atoms with Crippen LogP contribution in [0.3, 0.4) is 0 Å². The Morgan fingerprint density at radius 3 is 2.77 bits per heavy atom. The zero-order chi connectivity index (χ0) is 26.5. The number of rotatable bonds is 10. The summed E-state index contributed by atoms with van der Waals surface area (Å²) >= 11 is 0. The first-order chi connectivity index (χ1) is 17.0. The molecule has 0 aliphatic carbocycles. The fourth-order valence-electron chi connectivity index (χ4n) is 2.26. The maximum Gasteiger partial charge on any atom is 0.247 e. The van der Waals surface area contributed by atoms with Crippen molar-refractivity contribution < 1.29 is 25.5 Å². The highest BCUT2D eigenvalue weighted by Crippen LogP contribution is 2.23. The lowest BCUT2D eigenvalue weighted by molar-refractivity contribution is -0.111. The first kappa shape index (κ1) is 15.8. The second-order valence-electron chi connectivity index (χ2n) is 5.80. The lowest BCUT2D eigenvalue weighted by atomic mass is 10.2. The largest absolute Gasteiger partial charge is 0.491 e. The topological polar surface area (TPSA) is 97.4 Å². The Labute approximate surface area is 186 Å². The van der Waals surface area contributed by atoms with Gasteiger partial charge in [0, 0.05) is 24.2 Å². The number of carbonyl (C=O) groups excluding carboxylic acids is 1. The van der Waals surface area contributed by atoms with E-state index in [-0.39, 0.29) is 41.8 Å². The van der Waals surface area contributed by atoms with E-state index >= 15 is 0 Å². The Hall–Kier alpha value is -3.98. The van der Waals surface area contributed by atoms with Crippen molar-refractivity contribution in [1.82, 2.24) is 9.97 Å². The van der Waals surface area contributed by atoms with Gasteiger partial charge >= 0.3 is 0 Å². The number of methoxy groups -OCH3 is 1. The maximum absolute atomic E-state index is 14.5. The van der Waals surface area contributed by atoms with E-state index in [4.69, 9.17) is 11.6 Å². The van der Waals surface area contributed by atoms with Crippen molar-refractivity contribution in [1.29, 1.82) is 0 Å². The predicted octanol–water partition coefficient (Wildman–Crippen LogP) is 4.25. The minimum atomic E-state index is -1.93. The molecule has 0 saturated heterocycles. The fraction of sp³-hybridized carbons (Fsp3) is 0.136. The molecular weight excluding hydrogens is 401 g/mol. The number of nitrogens with zero attached hydrogens (tertiary/aromatic N) is 2. The summed E-state index contributed by atoms with van der Waals surface area (Å²) in [4.78, 5) is 19.6. The molecule has 0 saturated carbocycles. The normalized spacial score (nSPS) is 13.0. The van der Waals surface area contributed by atoms with Crippen LogP contribution in [0.2, 0.25) is 0 Å². The van der Waals surface area contributed by atoms with Crippen LogP contribution < -0.4 is 20.7 Å². The second kappa shape index (κ2) is 10.7. The minimum Gasteiger partial charge on any atom is -0.491 e. The predicted molar refractivity (Wildman–Crippen MR) is 118 cm³/mol. The molecule has 3 N–H and O–H groups in total. The summed E-state index contributed by atoms with van der Waals surface area (Å²) in [7, 11) is 1.24. The molecular formula is C22H22FN5O3. The third-order valence-corrected chi connectivity index (χ3v) is 3.66. The van der Waals surface area contributed by atoms with Crippen LogP contribution >= 0.6 is 0 Å². The summed E-state index contributed by atoms with van der Waals surface area (Å²) in [6.45, 7) is 1.08. The highest BCUT2D eigenvalue weighted by molar-refractivity contribution is 5.99. The summed E-state index contributed by atoms with van der Waals surface area (Å²) in [5, 5.41) is 7.78. The number of hydrogen-bond acceptors (Lipinski definition) is 7. The first-order valence-corrected chi connectivity index (χ1v) is 8.92. The zero-order valence-corrected chi connectivity index (χ0v) is 16.5. The van der Waals surface area contributed by atoms with Gasteiger partial charge < -0.3 is 25.4 Å². The van der Waals surface area contributed by atoms with E-state index < -0.39 is 24.3 Å². The van der Waals surface area contributed by atoms with Crippen LogP contribution in [-0.4, -0.2) is 36.2 Å². The molecule has 0 atom stereocenters. The van der Waals surface area contributed by atoms with Crippen molar-refractivity contribution in [2.24, 2.45) is 0 Å². The summed E-state index contributed by atoms with van der Waals surface area (Å²) in [6, 6.07) is 6.55. The van der Waals surface area contributed by atoms with E-state index in [0.717, 1.165) is 18.3 Å². The molecule has 3 aromatic rings. The molecule has 8 nitrogen and oxygen atoms in total. The van der Waals surface area contributed by atoms with Crippen molar-refractivity contribution in [2.45, 2.75) is 0 Å². The third kappa shape index (κ3) is 6.51. The molecule has 0 aliphatic rings. The Balaban J connectivity index is 1.79. The van der Waals surface area contributed by atoms with Gasteiger partial charge in [0.15, 0.2) is 11.6 Å². The van der Waals surface area contributed by atoms with E-state index in [0.29, 0.717) is 11.4 Å². The van der Waals surface area contributed by atoms with Crippen molar-refractivity contribution in [3.05, 3.63) is 73.1 Å². The molecule has 1 heterocycles. The molecule has 0 aliphatic heterocycles. The van der Waals surface area contributed by atoms with Crippen molar-refractivity contribution in [3.63, 3.8) is 0 Å². The average Bonchev–Trinajstić information content (AvgIpc) is 2.85. The lowest BCUT2D eigenvalue weighted by Crippen LogP contribution is -2.07. The average molecular weight is 428 g/mol. The van der Waals surface area contributed by atoms with Gasteiger partial charge in [0.05, 0.1) is 19.6 Å². The van der Waals surface area contributed by atoms with Gasteiger partial charge in [-0.3, -0.25) is 4.79 Å². The Morgan fingerprint density at radius 2 is 2.03 bits per heavy atom. The molecule has 0 bridgehead atoms. The van der Waals surface area contributed by atoms with Gasteiger partial charge in [0.25, 0.3) is 0 Å². The Morgan fingerprint density at radius 1 is 1.26 bits per heavy atom. The molecule has 0 unspecified atom stereocenters. The zero-order valence-electron chi connectivity index (χ0n) is 21.5. The van der Waals surface area contributed by atoms with Crippen LogP contribution in [0.1, 0.15) is 6.85 Å². The molecule has 1 amide bonds. The van der Waals surface area contributed by atoms with E-state index in [1.54, 1.807) is 24.3 Å². The molecule has 160 valence electrons. The molecule has 2 aromatic carbocycles. The molecule has 3 rings (SSSR count). The highest BCUT2D eigenvalue weighted by Gasteiger charge is 2.09. The number of anilines is 5. The molecule has 0 spiro atoms. The molecule has 1 aromatic heterocycles. The summed E-state index contributed by atoms with van der Waals surface area (Å²) in [5.41, 5.74) is 0.170. The van der Waals surface area contributed by atoms with Crippen LogP contribution in [0, 0.1) is 5.82 Å². The van der Waals surface area contributed by atoms with E-state index in [2.05, 4.69) is 37.2 Å². The number of amides is 1. The highest BCUT2D eigenvalue weighted by atomic mass is 19.1. The Kier molecular flexibility index (Phi) is 5.45. The van der Waals surface area contributed by atoms with Gasteiger partial charge in [-0.05, 0) is 48.5 Å². The maximum atomic E-state index is 14.5. The van der Waals surface area contributed by atoms with Gasteiger partial charge in [-0.25, -0.2) is 9.37 Å². The molecule has 9 heteroatoms. The molecule has 0 fully saturated rings. The smallest absolute Gasteiger partial charge is 0.247 e. The summed E-state index contributed by atoms with van der Waals surface area (Å²) < 4.78 is 63.8. The first-order valence-electron chi connectivity index (χ1n) is 11.4. The van der Waals surface area contributed by atoms with Gasteiger partial charge in [-0.15, -0.1) is 0 Å². The van der Waals surface area contributed by atoms with E-state index in [1.807, 2.05) is 0 Å². The molecule has 31 heavy (non-hydrogen) atoms. The number of nitrogens with one attached hydrogen (secondary N) is 3. The second-order valence-corrected chi connectivity index (χ2v) is 5.80. The fourth-order valence-corrected chi connectivity index (χ4v) is 2.26. The van der Waals surface area contributed by atoms with Crippen molar-refractivity contribution in [3.8, 4) is 5.75 Å². The number of benzene rings is 2. The van der Waals surface area contributed by atoms with Crippen LogP contribution in [0.15, 0.2) is 67.3 Å². The van der Waals surface area contributed by atoms with Gasteiger partial charge in [0.1, 0.15) is 12.4 Å². The SMILES string of the molecule is [2H]c1cc([2H])c(Nc2nc(Nc3ccc(OCC([2H])([2H])OC)cc3)ncc2F)c([2H])c1NC(=O)C=C. The van der Waals surface area contributed by atoms with Crippen LogP contribution in [0.4, 0.5) is 33.2 Å². The number of aromatic nitrogens is 2. The third-order valence-electron chi connectivity index (χ3n) is 3.66. The number of carbonyl (C=O) groups is 1. The summed E-state index contributed by atoms with van der Waals surface area (Å²) in [5.74, 6) is -1.45. The number of hydrogen-bond donors (Lipinski definition) is 3. The quantitative estimate of drug-likeness (QED) is 0.415. The van der Waals surface area contributed by atoms with Crippen LogP contribution in [0.25, 0.3) is 0 Å². The van der Waals surface area contributed by atoms with Gasteiger partial charge in [-0.2, -0.15) is 4.98 Å². The van der Waals surface area contributed by atoms with Crippen molar-refractivity contribution >= 4 is 34.7 Å². The van der Waals surface area contributed by atoms with Gasteiger partial charge in [0.2, 0.25) is 11.9 Å². The number of halogens is 1. The van der Waals surface area contributed by atoms with E-state index in [1.165, 1.54) is 7.11 Å².